The molecule has 0 saturated heterocycles. The van der Waals surface area contributed by atoms with E-state index in [1.165, 1.54) is 12.1 Å². The van der Waals surface area contributed by atoms with Crippen molar-refractivity contribution in [3.8, 4) is 0 Å². The molecule has 0 aliphatic rings. The van der Waals surface area contributed by atoms with Crippen LogP contribution in [-0.2, 0) is 23.0 Å². The summed E-state index contributed by atoms with van der Waals surface area (Å²) in [6, 6.07) is 4.70. The van der Waals surface area contributed by atoms with Crippen LogP contribution in [0.25, 0.3) is 0 Å². The molecule has 1 aromatic carbocycles. The number of hydrogen-bond acceptors (Lipinski definition) is 3. The summed E-state index contributed by atoms with van der Waals surface area (Å²) in [4.78, 5) is -0.115. The van der Waals surface area contributed by atoms with Gasteiger partial charge in [0, 0.05) is 0 Å². The molecule has 0 atom stereocenters. The summed E-state index contributed by atoms with van der Waals surface area (Å²) >= 11 is 0. The Bertz CT molecular complexity index is 455. The second kappa shape index (κ2) is 7.54. The van der Waals surface area contributed by atoms with E-state index >= 15 is 0 Å². The number of rotatable bonds is 5. The maximum absolute atomic E-state index is 10.9. The van der Waals surface area contributed by atoms with E-state index in [2.05, 4.69) is 6.92 Å². The van der Waals surface area contributed by atoms with E-state index in [1.54, 1.807) is 6.07 Å². The third-order valence-electron chi connectivity index (χ3n) is 2.51. The van der Waals surface area contributed by atoms with Gasteiger partial charge in [0.05, 0.1) is 4.90 Å². The summed E-state index contributed by atoms with van der Waals surface area (Å²) in [5, 5.41) is 0. The van der Waals surface area contributed by atoms with Crippen molar-refractivity contribution in [2.75, 3.05) is 0 Å². The quantitative estimate of drug-likeness (QED) is 0.532. The molecular weight excluding hydrogens is 247 g/mol. The van der Waals surface area contributed by atoms with Crippen LogP contribution in [0, 0.1) is 0 Å². The third kappa shape index (κ3) is 5.10. The van der Waals surface area contributed by atoms with E-state index in [0.29, 0.717) is 0 Å². The number of benzene rings is 1. The molecule has 1 aromatic rings. The summed E-state index contributed by atoms with van der Waals surface area (Å²) in [5.74, 6) is 0. The Kier molecular flexibility index (Phi) is 7.60. The Labute approximate surface area is 126 Å². The summed E-state index contributed by atoms with van der Waals surface area (Å²) in [6.45, 7) is 4.11. The zero-order valence-corrected chi connectivity index (χ0v) is 13.5. The Morgan fingerprint density at radius 3 is 2.06 bits per heavy atom. The van der Waals surface area contributed by atoms with Gasteiger partial charge in [0.25, 0.3) is 0 Å². The van der Waals surface area contributed by atoms with Crippen LogP contribution in [0.4, 0.5) is 0 Å². The van der Waals surface area contributed by atoms with E-state index < -0.39 is 10.1 Å². The third-order valence-corrected chi connectivity index (χ3v) is 3.34. The predicted octanol–water partition coefficient (Wildman–Crippen LogP) is -0.500. The Morgan fingerprint density at radius 2 is 1.59 bits per heavy atom. The van der Waals surface area contributed by atoms with Crippen LogP contribution in [-0.4, -0.2) is 13.0 Å². The molecule has 0 radical (unpaired) electrons. The standard InChI is InChI=1S/C12H18O3S.Na/c1-3-5-10-7-8-12(16(13,14)15)9-11(10)6-4-2;/h7-9H,3-6H2,1-2H3,(H,13,14,15);/q;+1/p-1. The number of aryl methyl sites for hydroxylation is 2. The van der Waals surface area contributed by atoms with Crippen molar-refractivity contribution in [1.29, 1.82) is 0 Å². The van der Waals surface area contributed by atoms with E-state index in [4.69, 9.17) is 0 Å². The van der Waals surface area contributed by atoms with Crippen LogP contribution < -0.4 is 29.6 Å². The Hall–Kier alpha value is 0.130. The van der Waals surface area contributed by atoms with Gasteiger partial charge in [-0.2, -0.15) is 0 Å². The minimum atomic E-state index is -4.33. The van der Waals surface area contributed by atoms with E-state index in [0.717, 1.165) is 36.8 Å². The van der Waals surface area contributed by atoms with E-state index in [9.17, 15) is 13.0 Å². The van der Waals surface area contributed by atoms with Gasteiger partial charge in [-0.25, -0.2) is 8.42 Å². The SMILES string of the molecule is CCCc1ccc(S(=O)(=O)[O-])cc1CCC.[Na+]. The van der Waals surface area contributed by atoms with Gasteiger partial charge >= 0.3 is 29.6 Å². The maximum Gasteiger partial charge on any atom is 1.00 e. The zero-order valence-electron chi connectivity index (χ0n) is 10.7. The Morgan fingerprint density at radius 1 is 1.06 bits per heavy atom. The van der Waals surface area contributed by atoms with Crippen molar-refractivity contribution in [3.05, 3.63) is 29.3 Å². The van der Waals surface area contributed by atoms with Crippen LogP contribution in [0.2, 0.25) is 0 Å². The fourth-order valence-corrected chi connectivity index (χ4v) is 2.29. The first-order valence-corrected chi connectivity index (χ1v) is 6.97. The van der Waals surface area contributed by atoms with Crippen LogP contribution in [0.15, 0.2) is 23.1 Å². The summed E-state index contributed by atoms with van der Waals surface area (Å²) < 4.78 is 32.7. The molecule has 0 heterocycles. The molecule has 1 rings (SSSR count). The van der Waals surface area contributed by atoms with Crippen LogP contribution in [0.1, 0.15) is 37.8 Å². The molecule has 0 N–H and O–H groups in total. The molecule has 0 fully saturated rings. The minimum Gasteiger partial charge on any atom is -0.744 e. The largest absolute Gasteiger partial charge is 1.00 e. The average molecular weight is 264 g/mol. The van der Waals surface area contributed by atoms with Gasteiger partial charge in [-0.15, -0.1) is 0 Å². The molecule has 0 saturated carbocycles. The van der Waals surface area contributed by atoms with Crippen LogP contribution >= 0.6 is 0 Å². The average Bonchev–Trinajstić information content (AvgIpc) is 2.19. The molecule has 90 valence electrons. The molecule has 0 bridgehead atoms. The van der Waals surface area contributed by atoms with Crippen molar-refractivity contribution in [3.63, 3.8) is 0 Å². The van der Waals surface area contributed by atoms with E-state index in [-0.39, 0.29) is 34.5 Å². The second-order valence-electron chi connectivity index (χ2n) is 3.88. The first-order chi connectivity index (χ1) is 7.49. The smallest absolute Gasteiger partial charge is 0.744 e. The summed E-state index contributed by atoms with van der Waals surface area (Å²) in [5.41, 5.74) is 2.14. The monoisotopic (exact) mass is 264 g/mol. The fourth-order valence-electron chi connectivity index (χ4n) is 1.77. The van der Waals surface area contributed by atoms with Gasteiger partial charge in [0.2, 0.25) is 0 Å². The summed E-state index contributed by atoms with van der Waals surface area (Å²) in [7, 11) is -4.33. The first-order valence-electron chi connectivity index (χ1n) is 5.56. The maximum atomic E-state index is 10.9. The van der Waals surface area contributed by atoms with Crippen LogP contribution in [0.3, 0.4) is 0 Å². The summed E-state index contributed by atoms with van der Waals surface area (Å²) in [6.07, 6.45) is 3.70. The van der Waals surface area contributed by atoms with Crippen molar-refractivity contribution >= 4 is 10.1 Å². The van der Waals surface area contributed by atoms with Gasteiger partial charge in [-0.05, 0) is 36.1 Å². The first kappa shape index (κ1) is 17.1. The molecule has 0 spiro atoms. The van der Waals surface area contributed by atoms with Crippen molar-refractivity contribution in [2.24, 2.45) is 0 Å². The predicted molar refractivity (Wildman–Crippen MR) is 62.4 cm³/mol. The molecule has 0 aliphatic heterocycles. The molecular formula is C12H17NaO3S. The minimum absolute atomic E-state index is 0. The molecule has 5 heteroatoms. The normalized spacial score (nSPS) is 11.0. The zero-order chi connectivity index (χ0) is 12.2. The van der Waals surface area contributed by atoms with Crippen LogP contribution in [0.5, 0.6) is 0 Å². The van der Waals surface area contributed by atoms with Gasteiger partial charge in [0.15, 0.2) is 0 Å². The van der Waals surface area contributed by atoms with Crippen molar-refractivity contribution < 1.29 is 42.5 Å². The van der Waals surface area contributed by atoms with Gasteiger partial charge in [0.1, 0.15) is 10.1 Å². The molecule has 17 heavy (non-hydrogen) atoms. The molecule has 0 unspecified atom stereocenters. The molecule has 0 amide bonds. The molecule has 0 aliphatic carbocycles. The van der Waals surface area contributed by atoms with Crippen molar-refractivity contribution in [2.45, 2.75) is 44.4 Å². The van der Waals surface area contributed by atoms with E-state index in [1.807, 2.05) is 6.92 Å². The van der Waals surface area contributed by atoms with Crippen molar-refractivity contribution in [1.82, 2.24) is 0 Å². The number of hydrogen-bond donors (Lipinski definition) is 0. The van der Waals surface area contributed by atoms with Gasteiger partial charge in [-0.3, -0.25) is 0 Å². The van der Waals surface area contributed by atoms with Gasteiger partial charge < -0.3 is 4.55 Å². The topological polar surface area (TPSA) is 57.2 Å². The second-order valence-corrected chi connectivity index (χ2v) is 5.26. The fraction of sp³-hybridized carbons (Fsp3) is 0.500. The van der Waals surface area contributed by atoms with Gasteiger partial charge in [-0.1, -0.05) is 32.8 Å². The molecule has 3 nitrogen and oxygen atoms in total. The Balaban J connectivity index is 0.00000256. The molecule has 0 aromatic heterocycles.